The molecule has 0 spiro atoms. The van der Waals surface area contributed by atoms with Gasteiger partial charge in [-0.1, -0.05) is 26.0 Å². The number of rotatable bonds is 5. The SMILES string of the molecule is CC(C)c1cccc(OC(C)c2nnc([C@H]3CC[C@H](N)CC3)n2C)c1. The second-order valence-electron chi connectivity index (χ2n) is 7.57. The van der Waals surface area contributed by atoms with E-state index in [2.05, 4.69) is 40.7 Å². The zero-order valence-electron chi connectivity index (χ0n) is 15.8. The average molecular weight is 342 g/mol. The second-order valence-corrected chi connectivity index (χ2v) is 7.57. The Kier molecular flexibility index (Phi) is 5.42. The molecule has 3 rings (SSSR count). The van der Waals surface area contributed by atoms with Gasteiger partial charge in [-0.25, -0.2) is 0 Å². The van der Waals surface area contributed by atoms with Crippen LogP contribution in [0.2, 0.25) is 0 Å². The molecule has 1 unspecified atom stereocenters. The van der Waals surface area contributed by atoms with Gasteiger partial charge in [0, 0.05) is 19.0 Å². The fraction of sp³-hybridized carbons (Fsp3) is 0.600. The van der Waals surface area contributed by atoms with Crippen molar-refractivity contribution in [2.75, 3.05) is 0 Å². The Morgan fingerprint density at radius 3 is 2.52 bits per heavy atom. The fourth-order valence-corrected chi connectivity index (χ4v) is 3.64. The quantitative estimate of drug-likeness (QED) is 0.890. The van der Waals surface area contributed by atoms with E-state index in [-0.39, 0.29) is 6.10 Å². The number of nitrogens with zero attached hydrogens (tertiary/aromatic N) is 3. The maximum Gasteiger partial charge on any atom is 0.173 e. The van der Waals surface area contributed by atoms with E-state index in [4.69, 9.17) is 10.5 Å². The van der Waals surface area contributed by atoms with Gasteiger partial charge in [-0.2, -0.15) is 0 Å². The minimum absolute atomic E-state index is 0.139. The molecule has 1 fully saturated rings. The van der Waals surface area contributed by atoms with Crippen LogP contribution < -0.4 is 10.5 Å². The maximum atomic E-state index is 6.15. The minimum Gasteiger partial charge on any atom is -0.483 e. The summed E-state index contributed by atoms with van der Waals surface area (Å²) in [6.07, 6.45) is 4.19. The molecule has 1 aliphatic carbocycles. The Morgan fingerprint density at radius 2 is 1.84 bits per heavy atom. The van der Waals surface area contributed by atoms with Crippen LogP contribution in [0.3, 0.4) is 0 Å². The van der Waals surface area contributed by atoms with Crippen LogP contribution in [0, 0.1) is 0 Å². The highest BCUT2D eigenvalue weighted by Crippen LogP contribution is 2.32. The van der Waals surface area contributed by atoms with Gasteiger partial charge >= 0.3 is 0 Å². The first-order valence-corrected chi connectivity index (χ1v) is 9.37. The van der Waals surface area contributed by atoms with Gasteiger partial charge in [0.05, 0.1) is 0 Å². The van der Waals surface area contributed by atoms with Crippen LogP contribution in [0.5, 0.6) is 5.75 Å². The fourth-order valence-electron chi connectivity index (χ4n) is 3.64. The highest BCUT2D eigenvalue weighted by atomic mass is 16.5. The summed E-state index contributed by atoms with van der Waals surface area (Å²) in [5, 5.41) is 8.89. The largest absolute Gasteiger partial charge is 0.483 e. The number of ether oxygens (including phenoxy) is 1. The van der Waals surface area contributed by atoms with Gasteiger partial charge in [0.15, 0.2) is 11.9 Å². The Hall–Kier alpha value is -1.88. The summed E-state index contributed by atoms with van der Waals surface area (Å²) in [5.74, 6) is 3.76. The van der Waals surface area contributed by atoms with Crippen molar-refractivity contribution in [1.29, 1.82) is 0 Å². The van der Waals surface area contributed by atoms with Crippen molar-refractivity contribution in [3.63, 3.8) is 0 Å². The summed E-state index contributed by atoms with van der Waals surface area (Å²) in [6.45, 7) is 6.41. The first-order valence-electron chi connectivity index (χ1n) is 9.37. The summed E-state index contributed by atoms with van der Waals surface area (Å²) in [6, 6.07) is 8.64. The van der Waals surface area contributed by atoms with Gasteiger partial charge in [-0.3, -0.25) is 0 Å². The highest BCUT2D eigenvalue weighted by Gasteiger charge is 2.26. The summed E-state index contributed by atoms with van der Waals surface area (Å²) < 4.78 is 8.26. The lowest BCUT2D eigenvalue weighted by atomic mass is 9.86. The molecule has 1 atom stereocenters. The van der Waals surface area contributed by atoms with E-state index in [9.17, 15) is 0 Å². The molecule has 2 N–H and O–H groups in total. The molecule has 5 nitrogen and oxygen atoms in total. The van der Waals surface area contributed by atoms with E-state index >= 15 is 0 Å². The van der Waals surface area contributed by atoms with Crippen molar-refractivity contribution in [3.8, 4) is 5.75 Å². The Labute approximate surface area is 150 Å². The van der Waals surface area contributed by atoms with Crippen molar-refractivity contribution in [2.24, 2.45) is 12.8 Å². The van der Waals surface area contributed by atoms with Crippen LogP contribution in [0.15, 0.2) is 24.3 Å². The topological polar surface area (TPSA) is 66.0 Å². The first kappa shape index (κ1) is 17.9. The highest BCUT2D eigenvalue weighted by molar-refractivity contribution is 5.30. The molecule has 0 radical (unpaired) electrons. The zero-order valence-corrected chi connectivity index (χ0v) is 15.8. The molecular weight excluding hydrogens is 312 g/mol. The number of benzene rings is 1. The van der Waals surface area contributed by atoms with Crippen LogP contribution >= 0.6 is 0 Å². The van der Waals surface area contributed by atoms with Crippen molar-refractivity contribution in [3.05, 3.63) is 41.5 Å². The van der Waals surface area contributed by atoms with Crippen LogP contribution in [-0.2, 0) is 7.05 Å². The van der Waals surface area contributed by atoms with E-state index in [0.717, 1.165) is 43.1 Å². The molecule has 1 aliphatic rings. The number of nitrogens with two attached hydrogens (primary N) is 1. The molecule has 1 saturated carbocycles. The molecule has 0 saturated heterocycles. The van der Waals surface area contributed by atoms with Gasteiger partial charge in [-0.05, 0) is 56.2 Å². The third-order valence-electron chi connectivity index (χ3n) is 5.28. The van der Waals surface area contributed by atoms with E-state index in [0.29, 0.717) is 17.9 Å². The summed E-state index contributed by atoms with van der Waals surface area (Å²) in [4.78, 5) is 0. The third-order valence-corrected chi connectivity index (χ3v) is 5.28. The van der Waals surface area contributed by atoms with Gasteiger partial charge in [0.1, 0.15) is 11.6 Å². The van der Waals surface area contributed by atoms with Crippen molar-refractivity contribution < 1.29 is 4.74 Å². The van der Waals surface area contributed by atoms with Crippen LogP contribution in [0.25, 0.3) is 0 Å². The smallest absolute Gasteiger partial charge is 0.173 e. The number of aromatic nitrogens is 3. The lowest BCUT2D eigenvalue weighted by Gasteiger charge is -2.25. The standard InChI is InChI=1S/C20H30N4O/c1-13(2)16-6-5-7-18(12-16)25-14(3)19-22-23-20(24(19)4)15-8-10-17(21)11-9-15/h5-7,12-15,17H,8-11,21H2,1-4H3/t14?,15-,17-. The summed E-state index contributed by atoms with van der Waals surface area (Å²) in [5.41, 5.74) is 7.30. The molecule has 1 heterocycles. The van der Waals surface area contributed by atoms with E-state index < -0.39 is 0 Å². The van der Waals surface area contributed by atoms with Crippen LogP contribution in [0.4, 0.5) is 0 Å². The first-order chi connectivity index (χ1) is 12.0. The summed E-state index contributed by atoms with van der Waals surface area (Å²) in [7, 11) is 2.05. The van der Waals surface area contributed by atoms with Crippen molar-refractivity contribution in [1.82, 2.24) is 14.8 Å². The predicted molar refractivity (Wildman–Crippen MR) is 99.8 cm³/mol. The molecule has 0 aliphatic heterocycles. The predicted octanol–water partition coefficient (Wildman–Crippen LogP) is 4.06. The number of hydrogen-bond acceptors (Lipinski definition) is 4. The van der Waals surface area contributed by atoms with Crippen LogP contribution in [-0.4, -0.2) is 20.8 Å². The maximum absolute atomic E-state index is 6.15. The van der Waals surface area contributed by atoms with Crippen molar-refractivity contribution >= 4 is 0 Å². The molecule has 2 aromatic rings. The molecular formula is C20H30N4O. The van der Waals surface area contributed by atoms with Gasteiger partial charge in [0.25, 0.3) is 0 Å². The molecule has 25 heavy (non-hydrogen) atoms. The van der Waals surface area contributed by atoms with Crippen molar-refractivity contribution in [2.45, 2.75) is 70.4 Å². The Bertz CT molecular complexity index is 701. The van der Waals surface area contributed by atoms with Gasteiger partial charge in [0.2, 0.25) is 0 Å². The summed E-state index contributed by atoms with van der Waals surface area (Å²) >= 11 is 0. The Balaban J connectivity index is 1.72. The average Bonchev–Trinajstić information content (AvgIpc) is 2.97. The van der Waals surface area contributed by atoms with E-state index in [1.165, 1.54) is 5.56 Å². The molecule has 0 bridgehead atoms. The normalized spacial score (nSPS) is 22.2. The Morgan fingerprint density at radius 1 is 1.12 bits per heavy atom. The molecule has 1 aromatic carbocycles. The second kappa shape index (κ2) is 7.56. The lowest BCUT2D eigenvalue weighted by Crippen LogP contribution is -2.26. The van der Waals surface area contributed by atoms with E-state index in [1.807, 2.05) is 26.1 Å². The molecule has 5 heteroatoms. The van der Waals surface area contributed by atoms with Gasteiger partial charge < -0.3 is 15.0 Å². The monoisotopic (exact) mass is 342 g/mol. The molecule has 136 valence electrons. The molecule has 1 aromatic heterocycles. The van der Waals surface area contributed by atoms with Crippen LogP contribution in [0.1, 0.15) is 81.6 Å². The molecule has 0 amide bonds. The van der Waals surface area contributed by atoms with E-state index in [1.54, 1.807) is 0 Å². The zero-order chi connectivity index (χ0) is 18.0. The van der Waals surface area contributed by atoms with Gasteiger partial charge in [-0.15, -0.1) is 10.2 Å². The third kappa shape index (κ3) is 4.03. The minimum atomic E-state index is -0.139. The lowest BCUT2D eigenvalue weighted by molar-refractivity contribution is 0.211. The number of hydrogen-bond donors (Lipinski definition) is 1.